The van der Waals surface area contributed by atoms with Gasteiger partial charge in [-0.25, -0.2) is 32.1 Å². The van der Waals surface area contributed by atoms with E-state index in [1.165, 1.54) is 4.31 Å². The molecule has 0 radical (unpaired) electrons. The predicted molar refractivity (Wildman–Crippen MR) is 125 cm³/mol. The van der Waals surface area contributed by atoms with Crippen LogP contribution in [0.4, 0.5) is 23.5 Å². The van der Waals surface area contributed by atoms with Crippen LogP contribution in [0, 0.1) is 5.82 Å². The van der Waals surface area contributed by atoms with Crippen LogP contribution in [0.1, 0.15) is 48.7 Å². The first-order chi connectivity index (χ1) is 16.3. The molecule has 0 amide bonds. The number of thiazole rings is 1. The molecule has 0 aromatic carbocycles. The maximum Gasteiger partial charge on any atom is 0.434 e. The Hall–Kier alpha value is -1.90. The molecular formula is C21H28F4N6O2S2. The van der Waals surface area contributed by atoms with Crippen molar-refractivity contribution >= 4 is 27.3 Å². The highest BCUT2D eigenvalue weighted by Gasteiger charge is 2.41. The maximum absolute atomic E-state index is 14.7. The smallest absolute Gasteiger partial charge is 0.351 e. The van der Waals surface area contributed by atoms with E-state index in [9.17, 15) is 26.0 Å². The Morgan fingerprint density at radius 3 is 2.40 bits per heavy atom. The van der Waals surface area contributed by atoms with Crippen molar-refractivity contribution in [2.24, 2.45) is 0 Å². The number of halogens is 4. The summed E-state index contributed by atoms with van der Waals surface area (Å²) in [5.74, 6) is -1.08. The van der Waals surface area contributed by atoms with Gasteiger partial charge in [-0.2, -0.15) is 13.2 Å². The zero-order valence-corrected chi connectivity index (χ0v) is 21.3. The number of piperidine rings is 1. The van der Waals surface area contributed by atoms with Gasteiger partial charge in [0.1, 0.15) is 5.69 Å². The highest BCUT2D eigenvalue weighted by Crippen LogP contribution is 2.45. The van der Waals surface area contributed by atoms with E-state index in [1.54, 1.807) is 0 Å². The number of nitrogens with zero attached hydrogens (tertiary/aromatic N) is 5. The zero-order chi connectivity index (χ0) is 25.5. The van der Waals surface area contributed by atoms with Gasteiger partial charge >= 0.3 is 6.18 Å². The second kappa shape index (κ2) is 9.87. The van der Waals surface area contributed by atoms with Crippen LogP contribution >= 0.6 is 11.3 Å². The van der Waals surface area contributed by atoms with Gasteiger partial charge < -0.3 is 10.2 Å². The number of alkyl halides is 3. The molecule has 2 aliphatic rings. The molecule has 14 heteroatoms. The molecule has 1 saturated heterocycles. The average Bonchev–Trinajstić information content (AvgIpc) is 3.42. The summed E-state index contributed by atoms with van der Waals surface area (Å²) in [4.78, 5) is 13.6. The summed E-state index contributed by atoms with van der Waals surface area (Å²) in [6.07, 6.45) is 0.458. The van der Waals surface area contributed by atoms with E-state index in [0.717, 1.165) is 36.6 Å². The molecule has 194 valence electrons. The Labute approximate surface area is 205 Å². The number of aromatic nitrogens is 3. The minimum Gasteiger partial charge on any atom is -0.351 e. The number of nitrogens with one attached hydrogen (secondary N) is 1. The lowest BCUT2D eigenvalue weighted by molar-refractivity contribution is -0.140. The first kappa shape index (κ1) is 26.2. The molecule has 0 unspecified atom stereocenters. The second-order valence-electron chi connectivity index (χ2n) is 9.33. The largest absolute Gasteiger partial charge is 0.434 e. The molecule has 8 nitrogen and oxygen atoms in total. The molecule has 2 aromatic heterocycles. The summed E-state index contributed by atoms with van der Waals surface area (Å²) >= 11 is 0.841. The molecule has 35 heavy (non-hydrogen) atoms. The fourth-order valence-electron chi connectivity index (χ4n) is 4.63. The third kappa shape index (κ3) is 5.92. The van der Waals surface area contributed by atoms with Gasteiger partial charge in [0, 0.05) is 31.1 Å². The van der Waals surface area contributed by atoms with Crippen LogP contribution in [0.25, 0.3) is 10.6 Å². The van der Waals surface area contributed by atoms with Crippen LogP contribution in [0.3, 0.4) is 0 Å². The summed E-state index contributed by atoms with van der Waals surface area (Å²) in [6, 6.07) is 0.0780. The van der Waals surface area contributed by atoms with Crippen molar-refractivity contribution in [1.29, 1.82) is 0 Å². The fraction of sp³-hybridized carbons (Fsp3) is 0.667. The molecule has 2 atom stereocenters. The van der Waals surface area contributed by atoms with Crippen LogP contribution in [-0.4, -0.2) is 78.1 Å². The van der Waals surface area contributed by atoms with Crippen molar-refractivity contribution in [3.63, 3.8) is 0 Å². The van der Waals surface area contributed by atoms with Crippen LogP contribution in [0.5, 0.6) is 0 Å². The molecule has 3 heterocycles. The van der Waals surface area contributed by atoms with Gasteiger partial charge in [0.2, 0.25) is 16.0 Å². The van der Waals surface area contributed by atoms with E-state index in [4.69, 9.17) is 0 Å². The van der Waals surface area contributed by atoms with Crippen molar-refractivity contribution in [3.05, 3.63) is 22.7 Å². The van der Waals surface area contributed by atoms with E-state index in [2.05, 4.69) is 25.2 Å². The Balaban J connectivity index is 1.59. The zero-order valence-electron chi connectivity index (χ0n) is 19.6. The first-order valence-electron chi connectivity index (χ1n) is 11.3. The molecule has 1 saturated carbocycles. The van der Waals surface area contributed by atoms with Crippen molar-refractivity contribution in [1.82, 2.24) is 24.2 Å². The van der Waals surface area contributed by atoms with E-state index in [0.29, 0.717) is 37.4 Å². The number of hydrogen-bond donors (Lipinski definition) is 1. The normalized spacial score (nSPS) is 22.7. The minimum atomic E-state index is -4.76. The predicted octanol–water partition coefficient (Wildman–Crippen LogP) is 3.79. The molecule has 1 aliphatic carbocycles. The molecule has 2 fully saturated rings. The lowest BCUT2D eigenvalue weighted by Gasteiger charge is -2.30. The Morgan fingerprint density at radius 2 is 1.83 bits per heavy atom. The summed E-state index contributed by atoms with van der Waals surface area (Å²) in [5, 5.41) is 3.36. The summed E-state index contributed by atoms with van der Waals surface area (Å²) < 4.78 is 81.1. The molecule has 4 rings (SSSR count). The van der Waals surface area contributed by atoms with Crippen LogP contribution in [0.15, 0.2) is 6.20 Å². The van der Waals surface area contributed by atoms with Gasteiger partial charge in [-0.3, -0.25) is 0 Å². The minimum absolute atomic E-state index is 0.00387. The van der Waals surface area contributed by atoms with E-state index in [-0.39, 0.29) is 28.8 Å². The summed E-state index contributed by atoms with van der Waals surface area (Å²) in [6.45, 7) is 0.604. The van der Waals surface area contributed by atoms with Crippen LogP contribution in [0.2, 0.25) is 0 Å². The SMILES string of the molecule is CN(C)[C@@H]1CC[C@@H](c2nc(C(F)(F)F)c(-c3nc(NC4CCN(S(C)(=O)=O)CC4)ncc3F)s2)C1. The highest BCUT2D eigenvalue weighted by atomic mass is 32.2. The number of hydrogen-bond acceptors (Lipinski definition) is 8. The van der Waals surface area contributed by atoms with E-state index in [1.807, 2.05) is 14.1 Å². The molecule has 0 bridgehead atoms. The monoisotopic (exact) mass is 536 g/mol. The molecule has 0 spiro atoms. The standard InChI is InChI=1S/C21H28F4N6O2S2/c1-30(2)14-5-4-12(10-14)19-29-18(21(23,24)25)17(34-19)16-15(22)11-26-20(28-16)27-13-6-8-31(9-7-13)35(3,32)33/h11-14H,4-10H2,1-3H3,(H,26,27,28)/t12-,14-/m1/s1. The Kier molecular flexibility index (Phi) is 7.38. The number of rotatable bonds is 6. The fourth-order valence-corrected chi connectivity index (χ4v) is 6.72. The summed E-state index contributed by atoms with van der Waals surface area (Å²) in [7, 11) is 0.591. The van der Waals surface area contributed by atoms with Crippen molar-refractivity contribution < 1.29 is 26.0 Å². The highest BCUT2D eigenvalue weighted by molar-refractivity contribution is 7.88. The molecule has 1 N–H and O–H groups in total. The average molecular weight is 537 g/mol. The molecule has 2 aromatic rings. The summed E-state index contributed by atoms with van der Waals surface area (Å²) in [5.41, 5.74) is -1.56. The van der Waals surface area contributed by atoms with Crippen LogP contribution in [-0.2, 0) is 16.2 Å². The lowest BCUT2D eigenvalue weighted by atomic mass is 10.1. The first-order valence-corrected chi connectivity index (χ1v) is 14.0. The van der Waals surface area contributed by atoms with Crippen LogP contribution < -0.4 is 5.32 Å². The van der Waals surface area contributed by atoms with Gasteiger partial charge in [-0.1, -0.05) is 0 Å². The number of anilines is 1. The maximum atomic E-state index is 14.7. The van der Waals surface area contributed by atoms with Gasteiger partial charge in [-0.05, 0) is 46.2 Å². The Morgan fingerprint density at radius 1 is 1.14 bits per heavy atom. The van der Waals surface area contributed by atoms with Gasteiger partial charge in [0.05, 0.1) is 22.3 Å². The third-order valence-electron chi connectivity index (χ3n) is 6.61. The van der Waals surface area contributed by atoms with Gasteiger partial charge in [-0.15, -0.1) is 11.3 Å². The molecule has 1 aliphatic heterocycles. The number of sulfonamides is 1. The molecular weight excluding hydrogens is 508 g/mol. The van der Waals surface area contributed by atoms with E-state index >= 15 is 0 Å². The van der Waals surface area contributed by atoms with Crippen molar-refractivity contribution in [2.45, 2.75) is 56.3 Å². The van der Waals surface area contributed by atoms with Gasteiger partial charge in [0.15, 0.2) is 11.5 Å². The Bertz CT molecular complexity index is 1160. The quantitative estimate of drug-likeness (QED) is 0.562. The topological polar surface area (TPSA) is 91.3 Å². The van der Waals surface area contributed by atoms with Crippen molar-refractivity contribution in [2.75, 3.05) is 38.8 Å². The van der Waals surface area contributed by atoms with Crippen molar-refractivity contribution in [3.8, 4) is 10.6 Å². The lowest BCUT2D eigenvalue weighted by Crippen LogP contribution is -2.42. The second-order valence-corrected chi connectivity index (χ2v) is 12.3. The van der Waals surface area contributed by atoms with E-state index < -0.39 is 33.4 Å². The van der Waals surface area contributed by atoms with Gasteiger partial charge in [0.25, 0.3) is 0 Å². The third-order valence-corrected chi connectivity index (χ3v) is 9.14.